The molecule has 0 N–H and O–H groups in total. The van der Waals surface area contributed by atoms with Crippen LogP contribution in [0.4, 0.5) is 11.6 Å². The molecule has 0 spiro atoms. The van der Waals surface area contributed by atoms with Gasteiger partial charge < -0.3 is 9.80 Å². The number of unbranched alkanes of at least 4 members (excludes halogenated alkanes) is 3. The number of aromatic nitrogens is 11. The number of piperidine rings is 1. The number of sulfone groups is 1. The van der Waals surface area contributed by atoms with Crippen LogP contribution in [0.15, 0.2) is 261 Å². The van der Waals surface area contributed by atoms with Gasteiger partial charge in [0.1, 0.15) is 53.1 Å². The summed E-state index contributed by atoms with van der Waals surface area (Å²) in [4.78, 5) is 77.8. The minimum absolute atomic E-state index is 0.224. The average Bonchev–Trinajstić information content (AvgIpc) is 0.975. The summed E-state index contributed by atoms with van der Waals surface area (Å²) in [6.07, 6.45) is 32.3. The highest BCUT2D eigenvalue weighted by molar-refractivity contribution is 7.91. The Bertz CT molecular complexity index is 4970. The number of benzene rings is 5. The van der Waals surface area contributed by atoms with Gasteiger partial charge in [-0.15, -0.1) is 0 Å². The van der Waals surface area contributed by atoms with Gasteiger partial charge in [-0.05, 0) is 127 Å². The van der Waals surface area contributed by atoms with E-state index in [1.54, 1.807) is 18.6 Å². The molecule has 16 rings (SSSR count). The van der Waals surface area contributed by atoms with Gasteiger partial charge in [0.25, 0.3) is 0 Å². The lowest BCUT2D eigenvalue weighted by atomic mass is 10.1. The SMILES string of the molecule is CC.CC.CC.CC.CC.CC.CC.CC.CC.CC1=NC(c2ccccc2)=NC1.CC1=NCN=C1c1ccccc1.CCC.CCC.CCC.CCC.CCCCc1nccc(C2=NCC(C)=N2)n1.CCCCc1nccc(N2CCCCC2)n1.CCCCc1nccc(N2CCS(=O)(=O)CC2)n1.Cc1ccc(-c2ccccc2)cn1.Cc1ccnc(Cc2ccccc2)n1.Cc1ncc(-c2ccccc2)cn1. The summed E-state index contributed by atoms with van der Waals surface area (Å²) in [5.41, 5.74) is 15.3. The van der Waals surface area contributed by atoms with E-state index in [1.165, 1.54) is 74.5 Å². The minimum Gasteiger partial charge on any atom is -0.357 e. The van der Waals surface area contributed by atoms with Crippen LogP contribution in [0.25, 0.3) is 22.3 Å². The fourth-order valence-electron chi connectivity index (χ4n) is 11.9. The largest absolute Gasteiger partial charge is 0.357 e. The Morgan fingerprint density at radius 3 is 1.05 bits per heavy atom. The topological polar surface area (TPSA) is 257 Å². The molecule has 22 heteroatoms. The summed E-state index contributed by atoms with van der Waals surface area (Å²) in [6, 6.07) is 62.7. The van der Waals surface area contributed by atoms with E-state index in [4.69, 9.17) is 0 Å². The van der Waals surface area contributed by atoms with Crippen LogP contribution in [0, 0.1) is 20.8 Å². The van der Waals surface area contributed by atoms with E-state index in [0.717, 1.165) is 186 Å². The lowest BCUT2D eigenvalue weighted by Crippen LogP contribution is -2.40. The highest BCUT2D eigenvalue weighted by Crippen LogP contribution is 2.22. The lowest BCUT2D eigenvalue weighted by molar-refractivity contribution is 0.571. The molecule has 2 saturated heterocycles. The van der Waals surface area contributed by atoms with Crippen LogP contribution in [0.2, 0.25) is 0 Å². The summed E-state index contributed by atoms with van der Waals surface area (Å²) < 4.78 is 22.8. The van der Waals surface area contributed by atoms with E-state index < -0.39 is 9.84 Å². The summed E-state index contributed by atoms with van der Waals surface area (Å²) in [6.45, 7) is 76.8. The number of hydrogen-bond donors (Lipinski definition) is 0. The Labute approximate surface area is 878 Å². The number of hydrogen-bond acceptors (Lipinski definition) is 21. The van der Waals surface area contributed by atoms with Crippen molar-refractivity contribution in [2.45, 2.75) is 351 Å². The van der Waals surface area contributed by atoms with Gasteiger partial charge >= 0.3 is 0 Å². The molecule has 21 nitrogen and oxygen atoms in total. The molecule has 11 aromatic rings. The van der Waals surface area contributed by atoms with Crippen molar-refractivity contribution < 1.29 is 8.42 Å². The van der Waals surface area contributed by atoms with E-state index in [2.05, 4.69) is 208 Å². The maximum Gasteiger partial charge on any atom is 0.174 e. The van der Waals surface area contributed by atoms with Gasteiger partial charge in [0.15, 0.2) is 21.5 Å². The Morgan fingerprint density at radius 1 is 0.306 bits per heavy atom. The monoisotopic (exact) mass is 1990 g/mol. The second-order valence-electron chi connectivity index (χ2n) is 30.7. The molecular formula is C122H195N19O2S. The van der Waals surface area contributed by atoms with E-state index in [-0.39, 0.29) is 11.5 Å². The summed E-state index contributed by atoms with van der Waals surface area (Å²) in [5, 5.41) is 0. The van der Waals surface area contributed by atoms with Crippen LogP contribution < -0.4 is 9.80 Å². The number of nitrogens with zero attached hydrogens (tertiary/aromatic N) is 19. The Kier molecular flexibility index (Phi) is 96.3. The van der Waals surface area contributed by atoms with E-state index in [0.29, 0.717) is 26.3 Å². The van der Waals surface area contributed by atoms with Crippen LogP contribution in [-0.4, -0.2) is 155 Å². The molecule has 0 unspecified atom stereocenters. The molecule has 6 aromatic heterocycles. The molecule has 0 amide bonds. The van der Waals surface area contributed by atoms with Crippen LogP contribution in [0.3, 0.4) is 0 Å². The van der Waals surface area contributed by atoms with Gasteiger partial charge in [0, 0.05) is 140 Å². The van der Waals surface area contributed by atoms with Crippen molar-refractivity contribution >= 4 is 56.0 Å². The number of anilines is 2. The molecule has 0 radical (unpaired) electrons. The molecule has 11 heterocycles. The fourth-order valence-corrected chi connectivity index (χ4v) is 13.2. The van der Waals surface area contributed by atoms with Crippen molar-refractivity contribution in [2.24, 2.45) is 30.0 Å². The number of pyridine rings is 1. The number of aliphatic imine (C=N–C) groups is 6. The van der Waals surface area contributed by atoms with E-state index in [1.807, 2.05) is 341 Å². The highest BCUT2D eigenvalue weighted by atomic mass is 32.2. The molecule has 5 aliphatic rings. The highest BCUT2D eigenvalue weighted by Gasteiger charge is 2.23. The van der Waals surface area contributed by atoms with Gasteiger partial charge in [-0.1, -0.05) is 403 Å². The number of rotatable bonds is 18. The van der Waals surface area contributed by atoms with Crippen LogP contribution in [-0.2, 0) is 35.5 Å². The molecule has 5 aliphatic heterocycles. The zero-order chi connectivity index (χ0) is 109. The Balaban J connectivity index is -0.000000492. The second-order valence-corrected chi connectivity index (χ2v) is 33.0. The van der Waals surface area contributed by atoms with E-state index in [9.17, 15) is 8.42 Å². The number of aryl methyl sites for hydroxylation is 6. The van der Waals surface area contributed by atoms with Gasteiger partial charge in [0.05, 0.1) is 36.0 Å². The van der Waals surface area contributed by atoms with Crippen molar-refractivity contribution in [3.05, 3.63) is 294 Å². The van der Waals surface area contributed by atoms with E-state index >= 15 is 0 Å². The Morgan fingerprint density at radius 2 is 0.667 bits per heavy atom. The number of amidine groups is 2. The first kappa shape index (κ1) is 141. The zero-order valence-corrected chi connectivity index (χ0v) is 97.4. The Hall–Kier alpha value is -11.8. The average molecular weight is 1990 g/mol. The molecule has 0 bridgehead atoms. The van der Waals surface area contributed by atoms with Crippen molar-refractivity contribution in [3.8, 4) is 22.3 Å². The molecule has 5 aromatic carbocycles. The molecule has 796 valence electrons. The molecule has 0 aliphatic carbocycles. The first-order valence-corrected chi connectivity index (χ1v) is 56.2. The van der Waals surface area contributed by atoms with Crippen LogP contribution in [0.5, 0.6) is 0 Å². The third-order valence-corrected chi connectivity index (χ3v) is 20.0. The van der Waals surface area contributed by atoms with Crippen LogP contribution in [0.1, 0.15) is 368 Å². The van der Waals surface area contributed by atoms with Gasteiger partial charge in [-0.25, -0.2) is 68.2 Å². The minimum atomic E-state index is -2.83. The van der Waals surface area contributed by atoms with Gasteiger partial charge in [-0.3, -0.25) is 25.0 Å². The lowest BCUT2D eigenvalue weighted by Gasteiger charge is -2.27. The molecule has 2 fully saturated rings. The predicted molar refractivity (Wildman–Crippen MR) is 634 cm³/mol. The third kappa shape index (κ3) is 66.9. The molecule has 0 atom stereocenters. The quantitative estimate of drug-likeness (QED) is 0.0774. The van der Waals surface area contributed by atoms with Crippen molar-refractivity contribution in [1.82, 2.24) is 54.8 Å². The predicted octanol–water partition coefficient (Wildman–Crippen LogP) is 32.5. The summed E-state index contributed by atoms with van der Waals surface area (Å²) >= 11 is 0. The van der Waals surface area contributed by atoms with Crippen molar-refractivity contribution in [1.29, 1.82) is 0 Å². The molecular weight excluding hydrogens is 1800 g/mol. The first-order valence-electron chi connectivity index (χ1n) is 54.4. The standard InChI is InChI=1S/C13H21N3.C12H16N4.C12H19N3O2S.C12H12N2.C12H11N.C11H10N2.2C10H10N2.4C3H8.9C2H6/c1-2-3-7-12-14-9-8-13(15-12)16-10-5-4-6-11-16;1-3-4-5-11-13-7-6-10(16-11)12-14-8-9(2)15-12;1-2-3-4-11-13-6-5-12(14-11)15-7-9-18(16,17)10-8-15;1-10-7-8-13-12(14-10)9-11-5-3-2-4-6-11;1-10-7-8-12(9-13-10)11-5-3-2-4-6-11;1-9-12-7-11(8-13-9)10-5-3-2-4-6-10;1-8-10(12-7-11-8)9-5-3-2-4-6-9;1-8-7-11-10(12-8)9-5-3-2-4-6-9;4*1-3-2;9*1-2/h8-9H,2-7,10-11H2,1H3;6-7H,3-5,8H2,1-2H3;5-6H,2-4,7-10H2,1H3;2-8H,9H2,1H3;2-9H,1H3;2-8H,1H3;2*2-6H,7H2,1H3;4*3H2,1-2H3;9*1-2H3. The first-order chi connectivity index (χ1) is 70.3. The van der Waals surface area contributed by atoms with Gasteiger partial charge in [0.2, 0.25) is 0 Å². The van der Waals surface area contributed by atoms with Crippen molar-refractivity contribution in [3.63, 3.8) is 0 Å². The normalized spacial score (nSPS) is 12.1. The maximum absolute atomic E-state index is 11.4. The zero-order valence-electron chi connectivity index (χ0n) is 96.5. The summed E-state index contributed by atoms with van der Waals surface area (Å²) in [7, 11) is -2.83. The van der Waals surface area contributed by atoms with Gasteiger partial charge in [-0.2, -0.15) is 0 Å². The molecule has 144 heavy (non-hydrogen) atoms. The maximum atomic E-state index is 11.4. The summed E-state index contributed by atoms with van der Waals surface area (Å²) in [5.74, 6) is 8.48. The smallest absolute Gasteiger partial charge is 0.174 e. The fraction of sp³-hybridized carbons (Fsp3) is 0.500. The molecule has 0 saturated carbocycles. The van der Waals surface area contributed by atoms with Crippen LogP contribution >= 0.6 is 0 Å². The van der Waals surface area contributed by atoms with Crippen molar-refractivity contribution in [2.75, 3.05) is 67.2 Å². The third-order valence-electron chi connectivity index (χ3n) is 18.4. The second kappa shape index (κ2) is 98.6.